The fourth-order valence-corrected chi connectivity index (χ4v) is 1.57. The summed E-state index contributed by atoms with van der Waals surface area (Å²) < 4.78 is 0.676. The van der Waals surface area contributed by atoms with Gasteiger partial charge in [-0.1, -0.05) is 13.8 Å². The van der Waals surface area contributed by atoms with Gasteiger partial charge in [0.1, 0.15) is 22.4 Å². The van der Waals surface area contributed by atoms with Gasteiger partial charge in [0.15, 0.2) is 0 Å². The second-order valence-electron chi connectivity index (χ2n) is 4.41. The molecule has 0 aromatic carbocycles. The van der Waals surface area contributed by atoms with Crippen molar-refractivity contribution in [3.8, 4) is 0 Å². The molecule has 0 aliphatic carbocycles. The molecule has 1 aromatic heterocycles. The van der Waals surface area contributed by atoms with E-state index in [0.717, 1.165) is 6.42 Å². The zero-order chi connectivity index (χ0) is 12.2. The van der Waals surface area contributed by atoms with Crippen LogP contribution in [0.3, 0.4) is 0 Å². The Kier molecular flexibility index (Phi) is 4.49. The molecule has 0 bridgehead atoms. The molecule has 0 aliphatic heterocycles. The highest BCUT2D eigenvalue weighted by atomic mass is 79.9. The van der Waals surface area contributed by atoms with Gasteiger partial charge >= 0.3 is 0 Å². The minimum Gasteiger partial charge on any atom is -0.396 e. The lowest BCUT2D eigenvalue weighted by Gasteiger charge is -2.24. The summed E-state index contributed by atoms with van der Waals surface area (Å²) in [6, 6.07) is 0. The molecule has 0 aliphatic rings. The molecule has 1 rings (SSSR count). The maximum absolute atomic E-state index is 8.92. The smallest absolute Gasteiger partial charge is 0.145 e. The predicted octanol–water partition coefficient (Wildman–Crippen LogP) is 1.64. The molecular weight excluding hydrogens is 272 g/mol. The van der Waals surface area contributed by atoms with E-state index in [1.165, 1.54) is 6.33 Å². The average molecular weight is 289 g/mol. The number of aliphatic hydroxyl groups excluding tert-OH is 1. The zero-order valence-corrected chi connectivity index (χ0v) is 11.1. The van der Waals surface area contributed by atoms with Gasteiger partial charge in [0.05, 0.1) is 0 Å². The van der Waals surface area contributed by atoms with Crippen molar-refractivity contribution in [2.24, 2.45) is 5.41 Å². The van der Waals surface area contributed by atoms with E-state index in [0.29, 0.717) is 22.7 Å². The molecule has 0 fully saturated rings. The van der Waals surface area contributed by atoms with Crippen molar-refractivity contribution in [3.05, 3.63) is 10.8 Å². The van der Waals surface area contributed by atoms with Crippen LogP contribution in [0.2, 0.25) is 0 Å². The number of nitrogen functional groups attached to an aromatic ring is 1. The van der Waals surface area contributed by atoms with E-state index in [1.807, 2.05) is 0 Å². The summed E-state index contributed by atoms with van der Waals surface area (Å²) in [6.45, 7) is 5.05. The number of rotatable bonds is 5. The topological polar surface area (TPSA) is 84.1 Å². The minimum atomic E-state index is 0.00784. The molecule has 0 amide bonds. The van der Waals surface area contributed by atoms with Gasteiger partial charge in [-0.25, -0.2) is 9.97 Å². The minimum absolute atomic E-state index is 0.00784. The Morgan fingerprint density at radius 2 is 2.19 bits per heavy atom. The summed E-state index contributed by atoms with van der Waals surface area (Å²) in [4.78, 5) is 7.95. The Morgan fingerprint density at radius 1 is 1.50 bits per heavy atom. The van der Waals surface area contributed by atoms with E-state index in [9.17, 15) is 0 Å². The molecule has 0 radical (unpaired) electrons. The van der Waals surface area contributed by atoms with E-state index >= 15 is 0 Å². The largest absolute Gasteiger partial charge is 0.396 e. The summed E-state index contributed by atoms with van der Waals surface area (Å²) in [5, 5.41) is 12.1. The number of anilines is 2. The van der Waals surface area contributed by atoms with Gasteiger partial charge < -0.3 is 16.2 Å². The fourth-order valence-electron chi connectivity index (χ4n) is 1.22. The highest BCUT2D eigenvalue weighted by Crippen LogP contribution is 2.26. The lowest BCUT2D eigenvalue weighted by atomic mass is 9.90. The molecule has 1 heterocycles. The van der Waals surface area contributed by atoms with Crippen LogP contribution in [0, 0.1) is 5.41 Å². The van der Waals surface area contributed by atoms with E-state index in [-0.39, 0.29) is 12.0 Å². The van der Waals surface area contributed by atoms with Gasteiger partial charge in [0.2, 0.25) is 0 Å². The van der Waals surface area contributed by atoms with Crippen molar-refractivity contribution in [1.82, 2.24) is 9.97 Å². The number of nitrogens with one attached hydrogen (secondary N) is 1. The van der Waals surface area contributed by atoms with Gasteiger partial charge in [-0.3, -0.25) is 0 Å². The molecular formula is C10H17BrN4O. The van der Waals surface area contributed by atoms with E-state index < -0.39 is 0 Å². The van der Waals surface area contributed by atoms with Crippen molar-refractivity contribution in [1.29, 1.82) is 0 Å². The van der Waals surface area contributed by atoms with E-state index in [2.05, 4.69) is 45.1 Å². The summed E-state index contributed by atoms with van der Waals surface area (Å²) >= 11 is 3.33. The van der Waals surface area contributed by atoms with Gasteiger partial charge in [0.25, 0.3) is 0 Å². The number of halogens is 1. The molecule has 90 valence electrons. The van der Waals surface area contributed by atoms with Crippen LogP contribution in [-0.2, 0) is 0 Å². The van der Waals surface area contributed by atoms with Crippen molar-refractivity contribution < 1.29 is 5.11 Å². The highest BCUT2D eigenvalue weighted by molar-refractivity contribution is 9.10. The predicted molar refractivity (Wildman–Crippen MR) is 68.1 cm³/mol. The Hall–Kier alpha value is -0.880. The van der Waals surface area contributed by atoms with Crippen LogP contribution < -0.4 is 11.1 Å². The lowest BCUT2D eigenvalue weighted by Crippen LogP contribution is -2.24. The molecule has 16 heavy (non-hydrogen) atoms. The van der Waals surface area contributed by atoms with Crippen LogP contribution >= 0.6 is 15.9 Å². The van der Waals surface area contributed by atoms with Crippen LogP contribution in [0.25, 0.3) is 0 Å². The Morgan fingerprint density at radius 3 is 2.81 bits per heavy atom. The van der Waals surface area contributed by atoms with Gasteiger partial charge in [0, 0.05) is 13.2 Å². The molecule has 5 nitrogen and oxygen atoms in total. The molecule has 0 unspecified atom stereocenters. The van der Waals surface area contributed by atoms with Crippen molar-refractivity contribution in [2.75, 3.05) is 24.2 Å². The average Bonchev–Trinajstić information content (AvgIpc) is 2.20. The van der Waals surface area contributed by atoms with Crippen molar-refractivity contribution >= 4 is 27.6 Å². The number of nitrogens with two attached hydrogens (primary N) is 1. The molecule has 0 atom stereocenters. The fraction of sp³-hybridized carbons (Fsp3) is 0.600. The highest BCUT2D eigenvalue weighted by Gasteiger charge is 2.17. The lowest BCUT2D eigenvalue weighted by molar-refractivity contribution is 0.220. The summed E-state index contributed by atoms with van der Waals surface area (Å²) in [6.07, 6.45) is 2.15. The number of nitrogens with zero attached hydrogens (tertiary/aromatic N) is 2. The first-order valence-electron chi connectivity index (χ1n) is 5.07. The third-order valence-electron chi connectivity index (χ3n) is 2.34. The second kappa shape index (κ2) is 5.45. The first-order chi connectivity index (χ1) is 7.46. The number of aliphatic hydroxyl groups is 1. The monoisotopic (exact) mass is 288 g/mol. The van der Waals surface area contributed by atoms with Gasteiger partial charge in [-0.05, 0) is 27.8 Å². The van der Waals surface area contributed by atoms with Crippen molar-refractivity contribution in [2.45, 2.75) is 20.3 Å². The van der Waals surface area contributed by atoms with Gasteiger partial charge in [-0.15, -0.1) is 0 Å². The second-order valence-corrected chi connectivity index (χ2v) is 5.21. The first-order valence-corrected chi connectivity index (χ1v) is 5.86. The number of hydrogen-bond acceptors (Lipinski definition) is 5. The van der Waals surface area contributed by atoms with Gasteiger partial charge in [-0.2, -0.15) is 0 Å². The standard InChI is InChI=1S/C10H17BrN4O/c1-10(2,3-4-16)5-13-9-7(11)8(12)14-6-15-9/h6,16H,3-5H2,1-2H3,(H3,12,13,14,15). The normalized spacial score (nSPS) is 11.5. The van der Waals surface area contributed by atoms with E-state index in [1.54, 1.807) is 0 Å². The van der Waals surface area contributed by atoms with E-state index in [4.69, 9.17) is 10.8 Å². The Bertz CT molecular complexity index is 357. The molecule has 0 spiro atoms. The summed E-state index contributed by atoms with van der Waals surface area (Å²) in [5.41, 5.74) is 5.65. The maximum atomic E-state index is 8.92. The van der Waals surface area contributed by atoms with Crippen LogP contribution in [-0.4, -0.2) is 28.2 Å². The van der Waals surface area contributed by atoms with Crippen LogP contribution in [0.4, 0.5) is 11.6 Å². The summed E-state index contributed by atoms with van der Waals surface area (Å²) in [5.74, 6) is 1.09. The quantitative estimate of drug-likeness (QED) is 0.767. The molecule has 4 N–H and O–H groups in total. The Labute approximate surface area is 104 Å². The molecule has 0 saturated heterocycles. The maximum Gasteiger partial charge on any atom is 0.145 e. The summed E-state index contributed by atoms with van der Waals surface area (Å²) in [7, 11) is 0. The SMILES string of the molecule is CC(C)(CCO)CNc1ncnc(N)c1Br. The molecule has 1 aromatic rings. The third-order valence-corrected chi connectivity index (χ3v) is 3.12. The van der Waals surface area contributed by atoms with Crippen LogP contribution in [0.5, 0.6) is 0 Å². The third kappa shape index (κ3) is 3.61. The zero-order valence-electron chi connectivity index (χ0n) is 9.50. The number of hydrogen-bond donors (Lipinski definition) is 3. The van der Waals surface area contributed by atoms with Crippen molar-refractivity contribution in [3.63, 3.8) is 0 Å². The Balaban J connectivity index is 2.64. The van der Waals surface area contributed by atoms with Crippen LogP contribution in [0.15, 0.2) is 10.8 Å². The molecule has 0 saturated carbocycles. The molecule has 6 heteroatoms. The first kappa shape index (κ1) is 13.2. The number of aromatic nitrogens is 2. The van der Waals surface area contributed by atoms with Crippen LogP contribution in [0.1, 0.15) is 20.3 Å².